The Hall–Kier alpha value is -2.54. The van der Waals surface area contributed by atoms with Crippen molar-refractivity contribution < 1.29 is 13.2 Å². The second-order valence-corrected chi connectivity index (χ2v) is 6.24. The Morgan fingerprint density at radius 3 is 2.24 bits per heavy atom. The van der Waals surface area contributed by atoms with Crippen LogP contribution in [-0.2, 0) is 10.0 Å². The van der Waals surface area contributed by atoms with Gasteiger partial charge >= 0.3 is 0 Å². The molecule has 110 valence electrons. The number of carbonyl (C=O) groups is 1. The van der Waals surface area contributed by atoms with Gasteiger partial charge in [-0.3, -0.25) is 9.52 Å². The van der Waals surface area contributed by atoms with Crippen LogP contribution in [0.2, 0.25) is 0 Å². The summed E-state index contributed by atoms with van der Waals surface area (Å²) in [5, 5.41) is 0. The number of nitrogen functional groups attached to an aromatic ring is 1. The topological polar surface area (TPSA) is 115 Å². The van der Waals surface area contributed by atoms with E-state index in [1.54, 1.807) is 24.3 Å². The first-order chi connectivity index (χ1) is 9.79. The number of anilines is 2. The predicted octanol–water partition coefficient (Wildman–Crippen LogP) is 1.48. The first-order valence-electron chi connectivity index (χ1n) is 6.08. The van der Waals surface area contributed by atoms with E-state index in [0.717, 1.165) is 5.56 Å². The van der Waals surface area contributed by atoms with Gasteiger partial charge in [0.1, 0.15) is 4.90 Å². The summed E-state index contributed by atoms with van der Waals surface area (Å²) in [5.41, 5.74) is 12.4. The number of nitrogens with two attached hydrogens (primary N) is 2. The molecule has 0 spiro atoms. The van der Waals surface area contributed by atoms with Gasteiger partial charge in [-0.1, -0.05) is 17.7 Å². The number of carbonyl (C=O) groups excluding carboxylic acids is 1. The number of rotatable bonds is 4. The first-order valence-corrected chi connectivity index (χ1v) is 7.57. The highest BCUT2D eigenvalue weighted by Crippen LogP contribution is 2.22. The Morgan fingerprint density at radius 2 is 1.71 bits per heavy atom. The van der Waals surface area contributed by atoms with Gasteiger partial charge in [0.25, 0.3) is 10.0 Å². The molecule has 0 bridgehead atoms. The number of hydrogen-bond donors (Lipinski definition) is 3. The summed E-state index contributed by atoms with van der Waals surface area (Å²) < 4.78 is 27.0. The summed E-state index contributed by atoms with van der Waals surface area (Å²) in [4.78, 5) is 10.9. The molecule has 0 heterocycles. The van der Waals surface area contributed by atoms with E-state index in [1.165, 1.54) is 18.2 Å². The molecule has 0 aliphatic rings. The van der Waals surface area contributed by atoms with Gasteiger partial charge in [-0.2, -0.15) is 0 Å². The summed E-state index contributed by atoms with van der Waals surface area (Å²) in [6.45, 7) is 1.90. The third kappa shape index (κ3) is 3.32. The van der Waals surface area contributed by atoms with Crippen molar-refractivity contribution >= 4 is 27.3 Å². The normalized spacial score (nSPS) is 11.1. The van der Waals surface area contributed by atoms with Crippen LogP contribution in [0.5, 0.6) is 0 Å². The zero-order valence-corrected chi connectivity index (χ0v) is 12.1. The number of aryl methyl sites for hydroxylation is 1. The second kappa shape index (κ2) is 5.45. The number of benzene rings is 2. The lowest BCUT2D eigenvalue weighted by atomic mass is 10.2. The lowest BCUT2D eigenvalue weighted by Gasteiger charge is -2.11. The molecule has 1 amide bonds. The first kappa shape index (κ1) is 14.9. The molecule has 6 nitrogen and oxygen atoms in total. The molecule has 0 aliphatic carbocycles. The SMILES string of the molecule is Cc1ccc(NS(=O)(=O)c2ccc(C(N)=O)cc2N)cc1. The van der Waals surface area contributed by atoms with Crippen LogP contribution >= 0.6 is 0 Å². The van der Waals surface area contributed by atoms with Crippen molar-refractivity contribution in [1.82, 2.24) is 0 Å². The number of nitrogens with one attached hydrogen (secondary N) is 1. The van der Waals surface area contributed by atoms with Crippen LogP contribution in [0.3, 0.4) is 0 Å². The van der Waals surface area contributed by atoms with Crippen molar-refractivity contribution in [3.8, 4) is 0 Å². The van der Waals surface area contributed by atoms with Crippen molar-refractivity contribution in [3.63, 3.8) is 0 Å². The molecule has 0 aliphatic heterocycles. The minimum absolute atomic E-state index is 0.0362. The molecule has 0 radical (unpaired) electrons. The Balaban J connectivity index is 2.35. The fourth-order valence-corrected chi connectivity index (χ4v) is 2.95. The Labute approximate surface area is 122 Å². The highest BCUT2D eigenvalue weighted by atomic mass is 32.2. The molecular weight excluding hydrogens is 290 g/mol. The maximum atomic E-state index is 12.3. The smallest absolute Gasteiger partial charge is 0.263 e. The Morgan fingerprint density at radius 1 is 1.10 bits per heavy atom. The van der Waals surface area contributed by atoms with Crippen LogP contribution in [0.4, 0.5) is 11.4 Å². The van der Waals surface area contributed by atoms with Gasteiger partial charge in [0, 0.05) is 11.3 Å². The van der Waals surface area contributed by atoms with Gasteiger partial charge < -0.3 is 11.5 Å². The van der Waals surface area contributed by atoms with E-state index in [-0.39, 0.29) is 16.1 Å². The van der Waals surface area contributed by atoms with Crippen LogP contribution in [0, 0.1) is 6.92 Å². The largest absolute Gasteiger partial charge is 0.398 e. The Kier molecular flexibility index (Phi) is 3.86. The van der Waals surface area contributed by atoms with Gasteiger partial charge in [-0.15, -0.1) is 0 Å². The molecule has 5 N–H and O–H groups in total. The lowest BCUT2D eigenvalue weighted by Crippen LogP contribution is -2.16. The highest BCUT2D eigenvalue weighted by Gasteiger charge is 2.18. The third-order valence-corrected chi connectivity index (χ3v) is 4.34. The van der Waals surface area contributed by atoms with Gasteiger partial charge in [-0.25, -0.2) is 8.42 Å². The van der Waals surface area contributed by atoms with E-state index < -0.39 is 15.9 Å². The monoisotopic (exact) mass is 305 g/mol. The van der Waals surface area contributed by atoms with Crippen LogP contribution in [-0.4, -0.2) is 14.3 Å². The average molecular weight is 305 g/mol. The molecule has 0 saturated heterocycles. The van der Waals surface area contributed by atoms with E-state index in [9.17, 15) is 13.2 Å². The molecule has 0 saturated carbocycles. The molecule has 0 atom stereocenters. The number of hydrogen-bond acceptors (Lipinski definition) is 4. The van der Waals surface area contributed by atoms with Gasteiger partial charge in [0.15, 0.2) is 0 Å². The standard InChI is InChI=1S/C14H15N3O3S/c1-9-2-5-11(6-3-9)17-21(19,20)13-7-4-10(14(16)18)8-12(13)15/h2-8,17H,15H2,1H3,(H2,16,18). The number of primary amides is 1. The lowest BCUT2D eigenvalue weighted by molar-refractivity contribution is 0.1000. The summed E-state index contributed by atoms with van der Waals surface area (Å²) in [6, 6.07) is 10.7. The molecule has 2 rings (SSSR count). The summed E-state index contributed by atoms with van der Waals surface area (Å²) in [5.74, 6) is -0.669. The van der Waals surface area contributed by atoms with Gasteiger partial charge in [0.2, 0.25) is 5.91 Å². The van der Waals surface area contributed by atoms with Crippen molar-refractivity contribution in [2.24, 2.45) is 5.73 Å². The minimum atomic E-state index is -3.83. The maximum absolute atomic E-state index is 12.3. The molecular formula is C14H15N3O3S. The highest BCUT2D eigenvalue weighted by molar-refractivity contribution is 7.92. The predicted molar refractivity (Wildman–Crippen MR) is 81.4 cm³/mol. The molecule has 21 heavy (non-hydrogen) atoms. The number of amides is 1. The molecule has 7 heteroatoms. The number of sulfonamides is 1. The summed E-state index contributed by atoms with van der Waals surface area (Å²) >= 11 is 0. The van der Waals surface area contributed by atoms with Gasteiger partial charge in [0.05, 0.1) is 5.69 Å². The molecule has 0 fully saturated rings. The van der Waals surface area contributed by atoms with Crippen LogP contribution in [0.15, 0.2) is 47.4 Å². The second-order valence-electron chi connectivity index (χ2n) is 4.59. The van der Waals surface area contributed by atoms with Gasteiger partial charge in [-0.05, 0) is 37.3 Å². The maximum Gasteiger partial charge on any atom is 0.263 e. The third-order valence-electron chi connectivity index (χ3n) is 2.89. The molecule has 2 aromatic rings. The van der Waals surface area contributed by atoms with Crippen LogP contribution in [0.25, 0.3) is 0 Å². The van der Waals surface area contributed by atoms with E-state index >= 15 is 0 Å². The van der Waals surface area contributed by atoms with Crippen LogP contribution < -0.4 is 16.2 Å². The molecule has 0 unspecified atom stereocenters. The van der Waals surface area contributed by atoms with E-state index in [4.69, 9.17) is 11.5 Å². The zero-order chi connectivity index (χ0) is 15.6. The quantitative estimate of drug-likeness (QED) is 0.742. The average Bonchev–Trinajstić information content (AvgIpc) is 2.40. The van der Waals surface area contributed by atoms with Crippen molar-refractivity contribution in [1.29, 1.82) is 0 Å². The molecule has 2 aromatic carbocycles. The fraction of sp³-hybridized carbons (Fsp3) is 0.0714. The van der Waals surface area contributed by atoms with Crippen molar-refractivity contribution in [3.05, 3.63) is 53.6 Å². The van der Waals surface area contributed by atoms with E-state index in [0.29, 0.717) is 5.69 Å². The van der Waals surface area contributed by atoms with Crippen molar-refractivity contribution in [2.45, 2.75) is 11.8 Å². The Bertz CT molecular complexity index is 784. The summed E-state index contributed by atoms with van der Waals surface area (Å²) in [7, 11) is -3.83. The fourth-order valence-electron chi connectivity index (χ4n) is 1.78. The minimum Gasteiger partial charge on any atom is -0.398 e. The van der Waals surface area contributed by atoms with Crippen molar-refractivity contribution in [2.75, 3.05) is 10.5 Å². The zero-order valence-electron chi connectivity index (χ0n) is 11.3. The van der Waals surface area contributed by atoms with E-state index in [2.05, 4.69) is 4.72 Å². The summed E-state index contributed by atoms with van der Waals surface area (Å²) in [6.07, 6.45) is 0. The molecule has 0 aromatic heterocycles. The van der Waals surface area contributed by atoms with Crippen LogP contribution in [0.1, 0.15) is 15.9 Å². The van der Waals surface area contributed by atoms with E-state index in [1.807, 2.05) is 6.92 Å².